The van der Waals surface area contributed by atoms with Crippen molar-refractivity contribution < 1.29 is 14.6 Å². The largest absolute Gasteiger partial charge is 0.497 e. The van der Waals surface area contributed by atoms with Gasteiger partial charge in [-0.25, -0.2) is 0 Å². The van der Waals surface area contributed by atoms with E-state index in [1.807, 2.05) is 29.2 Å². The Labute approximate surface area is 154 Å². The van der Waals surface area contributed by atoms with E-state index in [1.54, 1.807) is 14.0 Å². The van der Waals surface area contributed by atoms with Crippen molar-refractivity contribution in [3.8, 4) is 5.75 Å². The first kappa shape index (κ1) is 18.4. The Balaban J connectivity index is 1.90. The Morgan fingerprint density at radius 3 is 2.77 bits per heavy atom. The highest BCUT2D eigenvalue weighted by molar-refractivity contribution is 5.79. The quantitative estimate of drug-likeness (QED) is 0.834. The Kier molecular flexibility index (Phi) is 5.91. The second kappa shape index (κ2) is 8.34. The Morgan fingerprint density at radius 2 is 2.08 bits per heavy atom. The summed E-state index contributed by atoms with van der Waals surface area (Å²) in [5.41, 5.74) is 3.47. The highest BCUT2D eigenvalue weighted by Gasteiger charge is 2.31. The molecule has 2 atom stereocenters. The van der Waals surface area contributed by atoms with E-state index < -0.39 is 6.10 Å². The molecule has 2 N–H and O–H groups in total. The average molecular weight is 354 g/mol. The minimum Gasteiger partial charge on any atom is -0.497 e. The van der Waals surface area contributed by atoms with E-state index in [4.69, 9.17) is 4.74 Å². The molecule has 5 heteroatoms. The number of methoxy groups -OCH3 is 1. The molecular weight excluding hydrogens is 328 g/mol. The van der Waals surface area contributed by atoms with Crippen molar-refractivity contribution in [2.45, 2.75) is 25.5 Å². The predicted molar refractivity (Wildman–Crippen MR) is 101 cm³/mol. The van der Waals surface area contributed by atoms with Crippen molar-refractivity contribution in [3.63, 3.8) is 0 Å². The fourth-order valence-electron chi connectivity index (χ4n) is 3.48. The van der Waals surface area contributed by atoms with Crippen molar-refractivity contribution in [2.24, 2.45) is 0 Å². The van der Waals surface area contributed by atoms with Gasteiger partial charge in [0.2, 0.25) is 5.91 Å². The fourth-order valence-corrected chi connectivity index (χ4v) is 3.48. The van der Waals surface area contributed by atoms with Crippen LogP contribution in [0, 0.1) is 0 Å². The number of carbonyl (C=O) groups is 1. The SMILES string of the molecule is COc1ccc2c(c1)CCN(C(=O)CNCC(C)O)C2c1ccccc1. The summed E-state index contributed by atoms with van der Waals surface area (Å²) in [5.74, 6) is 0.884. The zero-order chi connectivity index (χ0) is 18.5. The van der Waals surface area contributed by atoms with Crippen molar-refractivity contribution in [3.05, 3.63) is 65.2 Å². The summed E-state index contributed by atoms with van der Waals surface area (Å²) in [6.07, 6.45) is 0.333. The van der Waals surface area contributed by atoms with Crippen LogP contribution in [0.2, 0.25) is 0 Å². The van der Waals surface area contributed by atoms with E-state index in [2.05, 4.69) is 29.6 Å². The minimum absolute atomic E-state index is 0.0426. The molecule has 5 nitrogen and oxygen atoms in total. The number of ether oxygens (including phenoxy) is 1. The van der Waals surface area contributed by atoms with Gasteiger partial charge in [0.05, 0.1) is 25.8 Å². The molecule has 0 spiro atoms. The Morgan fingerprint density at radius 1 is 1.31 bits per heavy atom. The third kappa shape index (κ3) is 4.06. The van der Waals surface area contributed by atoms with Gasteiger partial charge in [0, 0.05) is 13.1 Å². The molecule has 26 heavy (non-hydrogen) atoms. The highest BCUT2D eigenvalue weighted by Crippen LogP contribution is 2.36. The lowest BCUT2D eigenvalue weighted by molar-refractivity contribution is -0.132. The third-order valence-corrected chi connectivity index (χ3v) is 4.73. The van der Waals surface area contributed by atoms with E-state index in [0.717, 1.165) is 23.3 Å². The van der Waals surface area contributed by atoms with Gasteiger partial charge >= 0.3 is 0 Å². The lowest BCUT2D eigenvalue weighted by atomic mass is 9.88. The molecule has 138 valence electrons. The van der Waals surface area contributed by atoms with Crippen LogP contribution < -0.4 is 10.1 Å². The van der Waals surface area contributed by atoms with E-state index >= 15 is 0 Å². The van der Waals surface area contributed by atoms with Crippen molar-refractivity contribution in [1.29, 1.82) is 0 Å². The van der Waals surface area contributed by atoms with Crippen LogP contribution >= 0.6 is 0 Å². The molecule has 2 aromatic carbocycles. The van der Waals surface area contributed by atoms with Crippen LogP contribution in [0.15, 0.2) is 48.5 Å². The number of nitrogens with one attached hydrogen (secondary N) is 1. The van der Waals surface area contributed by atoms with Gasteiger partial charge in [-0.05, 0) is 42.2 Å². The maximum atomic E-state index is 12.9. The summed E-state index contributed by atoms with van der Waals surface area (Å²) < 4.78 is 5.36. The molecule has 0 saturated carbocycles. The van der Waals surface area contributed by atoms with Crippen molar-refractivity contribution >= 4 is 5.91 Å². The monoisotopic (exact) mass is 354 g/mol. The highest BCUT2D eigenvalue weighted by atomic mass is 16.5. The molecule has 1 amide bonds. The maximum Gasteiger partial charge on any atom is 0.237 e. The van der Waals surface area contributed by atoms with Crippen LogP contribution in [-0.2, 0) is 11.2 Å². The van der Waals surface area contributed by atoms with Crippen LogP contribution in [0.25, 0.3) is 0 Å². The van der Waals surface area contributed by atoms with Crippen LogP contribution in [0.4, 0.5) is 0 Å². The van der Waals surface area contributed by atoms with E-state index in [1.165, 1.54) is 5.56 Å². The first-order valence-electron chi connectivity index (χ1n) is 9.00. The third-order valence-electron chi connectivity index (χ3n) is 4.73. The second-order valence-electron chi connectivity index (χ2n) is 6.70. The number of benzene rings is 2. The fraction of sp³-hybridized carbons (Fsp3) is 0.381. The lowest BCUT2D eigenvalue weighted by Crippen LogP contribution is -2.45. The molecule has 2 unspecified atom stereocenters. The Hall–Kier alpha value is -2.37. The molecule has 0 bridgehead atoms. The summed E-state index contributed by atoms with van der Waals surface area (Å²) in [4.78, 5) is 14.8. The standard InChI is InChI=1S/C21H26N2O3/c1-15(24)13-22-14-20(25)23-11-10-17-12-18(26-2)8-9-19(17)21(23)16-6-4-3-5-7-16/h3-9,12,15,21-22,24H,10-11,13-14H2,1-2H3. The number of aliphatic hydroxyl groups excluding tert-OH is 1. The molecule has 0 radical (unpaired) electrons. The van der Waals surface area contributed by atoms with Crippen molar-refractivity contribution in [2.75, 3.05) is 26.7 Å². The Bertz CT molecular complexity index is 746. The van der Waals surface area contributed by atoms with E-state index in [0.29, 0.717) is 13.1 Å². The van der Waals surface area contributed by atoms with Crippen LogP contribution in [-0.4, -0.2) is 48.8 Å². The first-order valence-corrected chi connectivity index (χ1v) is 9.00. The van der Waals surface area contributed by atoms with Gasteiger partial charge in [-0.15, -0.1) is 0 Å². The molecular formula is C21H26N2O3. The molecule has 0 saturated heterocycles. The van der Waals surface area contributed by atoms with Gasteiger partial charge in [-0.1, -0.05) is 36.4 Å². The number of aliphatic hydroxyl groups is 1. The summed E-state index contributed by atoms with van der Waals surface area (Å²) in [7, 11) is 1.67. The first-order chi connectivity index (χ1) is 12.6. The summed E-state index contributed by atoms with van der Waals surface area (Å²) in [5, 5.41) is 12.4. The predicted octanol–water partition coefficient (Wildman–Crippen LogP) is 2.14. The normalized spacial score (nSPS) is 17.5. The van der Waals surface area contributed by atoms with Gasteiger partial charge < -0.3 is 20.1 Å². The van der Waals surface area contributed by atoms with Gasteiger partial charge in [0.25, 0.3) is 0 Å². The number of hydrogen-bond donors (Lipinski definition) is 2. The molecule has 0 aromatic heterocycles. The summed E-state index contributed by atoms with van der Waals surface area (Å²) in [6, 6.07) is 16.1. The topological polar surface area (TPSA) is 61.8 Å². The molecule has 1 heterocycles. The average Bonchev–Trinajstić information content (AvgIpc) is 2.66. The number of amides is 1. The lowest BCUT2D eigenvalue weighted by Gasteiger charge is -2.38. The smallest absolute Gasteiger partial charge is 0.237 e. The molecule has 1 aliphatic heterocycles. The van der Waals surface area contributed by atoms with Gasteiger partial charge in [0.1, 0.15) is 5.75 Å². The van der Waals surface area contributed by atoms with Gasteiger partial charge in [0.15, 0.2) is 0 Å². The van der Waals surface area contributed by atoms with E-state index in [9.17, 15) is 9.90 Å². The number of hydrogen-bond acceptors (Lipinski definition) is 4. The van der Waals surface area contributed by atoms with Crippen LogP contribution in [0.1, 0.15) is 29.7 Å². The van der Waals surface area contributed by atoms with Gasteiger partial charge in [-0.3, -0.25) is 4.79 Å². The van der Waals surface area contributed by atoms with Crippen LogP contribution in [0.3, 0.4) is 0 Å². The zero-order valence-corrected chi connectivity index (χ0v) is 15.3. The second-order valence-corrected chi connectivity index (χ2v) is 6.70. The number of rotatable bonds is 6. The molecule has 2 aromatic rings. The van der Waals surface area contributed by atoms with E-state index in [-0.39, 0.29) is 18.5 Å². The molecule has 3 rings (SSSR count). The molecule has 0 aliphatic carbocycles. The van der Waals surface area contributed by atoms with Crippen LogP contribution in [0.5, 0.6) is 5.75 Å². The van der Waals surface area contributed by atoms with Gasteiger partial charge in [-0.2, -0.15) is 0 Å². The maximum absolute atomic E-state index is 12.9. The molecule has 1 aliphatic rings. The van der Waals surface area contributed by atoms with Crippen molar-refractivity contribution in [1.82, 2.24) is 10.2 Å². The summed E-state index contributed by atoms with van der Waals surface area (Å²) >= 11 is 0. The summed E-state index contributed by atoms with van der Waals surface area (Å²) in [6.45, 7) is 2.99. The number of nitrogens with zero attached hydrogens (tertiary/aromatic N) is 1. The number of carbonyl (C=O) groups excluding carboxylic acids is 1. The molecule has 0 fully saturated rings. The number of fused-ring (bicyclic) bond motifs is 1. The minimum atomic E-state index is -0.470. The zero-order valence-electron chi connectivity index (χ0n) is 15.3.